The van der Waals surface area contributed by atoms with Crippen molar-refractivity contribution in [2.45, 2.75) is 13.2 Å². The molecule has 0 aromatic carbocycles. The van der Waals surface area contributed by atoms with Gasteiger partial charge in [0, 0.05) is 6.54 Å². The van der Waals surface area contributed by atoms with E-state index in [9.17, 15) is 5.11 Å². The van der Waals surface area contributed by atoms with Crippen molar-refractivity contribution < 1.29 is 10.2 Å². The van der Waals surface area contributed by atoms with Crippen LogP contribution >= 0.6 is 0 Å². The van der Waals surface area contributed by atoms with Crippen LogP contribution in [-0.4, -0.2) is 36.4 Å². The van der Waals surface area contributed by atoms with Crippen molar-refractivity contribution in [3.8, 4) is 0 Å². The first-order valence-electron chi connectivity index (χ1n) is 2.65. The van der Waals surface area contributed by atoms with Gasteiger partial charge < -0.3 is 5.11 Å². The van der Waals surface area contributed by atoms with Crippen LogP contribution in [0.2, 0.25) is 0 Å². The Morgan fingerprint density at radius 1 is 1.75 bits per heavy atom. The summed E-state index contributed by atoms with van der Waals surface area (Å²) in [5, 5.41) is 18.6. The molecule has 1 atom stereocenters. The maximum Gasteiger partial charge on any atom is 0.104 e. The molecule has 0 spiro atoms. The maximum atomic E-state index is 9.89. The Morgan fingerprint density at radius 2 is 2.25 bits per heavy atom. The number of aliphatic hydroxyl groups excluding tert-OH is 1. The Kier molecular flexibility index (Phi) is 3.77. The van der Waals surface area contributed by atoms with Crippen LogP contribution in [-0.2, 0) is 5.11 Å². The normalized spacial score (nSPS) is 14.6. The molecule has 0 aliphatic heterocycles. The number of aliphatic hydroxyl groups is 1. The smallest absolute Gasteiger partial charge is 0.104 e. The highest BCUT2D eigenvalue weighted by Crippen LogP contribution is 1.86. The summed E-state index contributed by atoms with van der Waals surface area (Å²) >= 11 is 0. The minimum absolute atomic E-state index is 0.151. The zero-order valence-electron chi connectivity index (χ0n) is 5.29. The monoisotopic (exact) mass is 118 g/mol. The summed E-state index contributed by atoms with van der Waals surface area (Å²) in [5.74, 6) is 0. The highest BCUT2D eigenvalue weighted by Gasteiger charge is 2.01. The lowest BCUT2D eigenvalue weighted by Crippen LogP contribution is -2.30. The first-order chi connectivity index (χ1) is 3.68. The Morgan fingerprint density at radius 3 is 2.38 bits per heavy atom. The molecule has 1 radical (unpaired) electrons. The molecule has 49 valence electrons. The predicted molar refractivity (Wildman–Crippen MR) is 29.9 cm³/mol. The van der Waals surface area contributed by atoms with Gasteiger partial charge in [0.2, 0.25) is 0 Å². The van der Waals surface area contributed by atoms with Crippen LogP contribution in [0.3, 0.4) is 0 Å². The molecule has 0 bridgehead atoms. The van der Waals surface area contributed by atoms with Crippen LogP contribution in [0, 0.1) is 0 Å². The van der Waals surface area contributed by atoms with Gasteiger partial charge in [-0.1, -0.05) is 0 Å². The zero-order chi connectivity index (χ0) is 6.57. The van der Waals surface area contributed by atoms with E-state index in [1.54, 1.807) is 18.9 Å². The van der Waals surface area contributed by atoms with E-state index in [1.165, 1.54) is 0 Å². The molecule has 3 heteroatoms. The number of rotatable bonds is 3. The minimum atomic E-state index is -0.496. The van der Waals surface area contributed by atoms with Crippen LogP contribution in [0.15, 0.2) is 0 Å². The third-order valence-electron chi connectivity index (χ3n) is 1.08. The van der Waals surface area contributed by atoms with Gasteiger partial charge in [-0.25, -0.2) is 5.11 Å². The average molecular weight is 118 g/mol. The van der Waals surface area contributed by atoms with Crippen LogP contribution in [0.25, 0.3) is 0 Å². The fraction of sp³-hybridized carbons (Fsp3) is 1.00. The van der Waals surface area contributed by atoms with Crippen molar-refractivity contribution in [1.29, 1.82) is 0 Å². The Hall–Kier alpha value is -0.120. The highest BCUT2D eigenvalue weighted by atomic mass is 16.3. The lowest BCUT2D eigenvalue weighted by Gasteiger charge is -2.16. The van der Waals surface area contributed by atoms with Gasteiger partial charge in [-0.05, 0) is 14.0 Å². The zero-order valence-corrected chi connectivity index (χ0v) is 5.29. The fourth-order valence-corrected chi connectivity index (χ4v) is 0.331. The van der Waals surface area contributed by atoms with Crippen molar-refractivity contribution in [3.05, 3.63) is 0 Å². The second-order valence-corrected chi connectivity index (χ2v) is 1.82. The number of nitrogens with zero attached hydrogens (tertiary/aromatic N) is 1. The van der Waals surface area contributed by atoms with Crippen LogP contribution < -0.4 is 0 Å². The molecule has 0 fully saturated rings. The van der Waals surface area contributed by atoms with Crippen molar-refractivity contribution in [2.75, 3.05) is 20.2 Å². The van der Waals surface area contributed by atoms with Gasteiger partial charge in [0.05, 0.1) is 6.61 Å². The van der Waals surface area contributed by atoms with Gasteiger partial charge in [0.1, 0.15) is 6.23 Å². The van der Waals surface area contributed by atoms with E-state index >= 15 is 0 Å². The van der Waals surface area contributed by atoms with E-state index in [0.717, 1.165) is 0 Å². The van der Waals surface area contributed by atoms with E-state index in [2.05, 4.69) is 0 Å². The summed E-state index contributed by atoms with van der Waals surface area (Å²) in [4.78, 5) is 1.59. The average Bonchev–Trinajstić information content (AvgIpc) is 1.67. The molecule has 0 saturated heterocycles. The first kappa shape index (κ1) is 7.88. The molecule has 8 heavy (non-hydrogen) atoms. The molecule has 0 aliphatic rings. The fourth-order valence-electron chi connectivity index (χ4n) is 0.331. The van der Waals surface area contributed by atoms with Crippen LogP contribution in [0.4, 0.5) is 0 Å². The summed E-state index contributed by atoms with van der Waals surface area (Å²) in [6, 6.07) is 0. The minimum Gasteiger partial charge on any atom is -0.379 e. The molecule has 0 amide bonds. The summed E-state index contributed by atoms with van der Waals surface area (Å²) in [5.41, 5.74) is 0. The summed E-state index contributed by atoms with van der Waals surface area (Å²) in [6.45, 7) is 1.90. The Balaban J connectivity index is 3.17. The van der Waals surface area contributed by atoms with Crippen molar-refractivity contribution >= 4 is 0 Å². The molecule has 3 nitrogen and oxygen atoms in total. The molecule has 0 saturated carbocycles. The van der Waals surface area contributed by atoms with Gasteiger partial charge in [0.15, 0.2) is 0 Å². The molecule has 0 heterocycles. The second-order valence-electron chi connectivity index (χ2n) is 1.82. The summed E-state index contributed by atoms with van der Waals surface area (Å²) in [6.07, 6.45) is -0.496. The maximum absolute atomic E-state index is 9.89. The lowest BCUT2D eigenvalue weighted by atomic mass is 10.5. The Labute approximate surface area is 49.5 Å². The topological polar surface area (TPSA) is 43.4 Å². The van der Waals surface area contributed by atoms with Crippen molar-refractivity contribution in [2.24, 2.45) is 0 Å². The first-order valence-corrected chi connectivity index (χ1v) is 2.65. The van der Waals surface area contributed by atoms with E-state index in [4.69, 9.17) is 5.11 Å². The molecule has 0 aromatic rings. The van der Waals surface area contributed by atoms with E-state index in [1.807, 2.05) is 0 Å². The molecule has 1 unspecified atom stereocenters. The largest absolute Gasteiger partial charge is 0.379 e. The number of likely N-dealkylation sites (N-methyl/N-ethyl adjacent to an activating group) is 1. The van der Waals surface area contributed by atoms with Crippen LogP contribution in [0.5, 0.6) is 0 Å². The molecule has 0 rings (SSSR count). The molecule has 0 aliphatic carbocycles. The van der Waals surface area contributed by atoms with Crippen molar-refractivity contribution in [1.82, 2.24) is 4.90 Å². The third kappa shape index (κ3) is 2.96. The SMILES string of the molecule is CC(O)N(C)CC[O]. The van der Waals surface area contributed by atoms with Crippen LogP contribution in [0.1, 0.15) is 6.92 Å². The third-order valence-corrected chi connectivity index (χ3v) is 1.08. The Bertz CT molecular complexity index is 56.4. The van der Waals surface area contributed by atoms with Gasteiger partial charge in [0.25, 0.3) is 0 Å². The van der Waals surface area contributed by atoms with E-state index < -0.39 is 6.23 Å². The second kappa shape index (κ2) is 3.83. The van der Waals surface area contributed by atoms with Gasteiger partial charge in [-0.2, -0.15) is 0 Å². The standard InChI is InChI=1S/C5H12NO2/c1-5(8)6(2)3-4-7/h5,8H,3-4H2,1-2H3. The quantitative estimate of drug-likeness (QED) is 0.516. The molecular weight excluding hydrogens is 106 g/mol. The number of hydrogen-bond acceptors (Lipinski definition) is 2. The van der Waals surface area contributed by atoms with E-state index in [0.29, 0.717) is 6.54 Å². The molecular formula is C5H12NO2. The lowest BCUT2D eigenvalue weighted by molar-refractivity contribution is 0.0192. The molecule has 1 N–H and O–H groups in total. The van der Waals surface area contributed by atoms with E-state index in [-0.39, 0.29) is 6.61 Å². The van der Waals surface area contributed by atoms with Gasteiger partial charge in [-0.3, -0.25) is 4.90 Å². The van der Waals surface area contributed by atoms with Gasteiger partial charge >= 0.3 is 0 Å². The van der Waals surface area contributed by atoms with Crippen molar-refractivity contribution in [3.63, 3.8) is 0 Å². The van der Waals surface area contributed by atoms with Gasteiger partial charge in [-0.15, -0.1) is 0 Å². The summed E-state index contributed by atoms with van der Waals surface area (Å²) < 4.78 is 0. The predicted octanol–water partition coefficient (Wildman–Crippen LogP) is -0.313. The number of hydrogen-bond donors (Lipinski definition) is 1. The summed E-state index contributed by atoms with van der Waals surface area (Å²) in [7, 11) is 1.71. The highest BCUT2D eigenvalue weighted by molar-refractivity contribution is 4.47. The molecule has 0 aromatic heterocycles.